The number of rotatable bonds is 4. The van der Waals surface area contributed by atoms with Crippen LogP contribution < -0.4 is 0 Å². The molecule has 2 aliphatic rings. The molecule has 1 heterocycles. The number of hydrogen-bond acceptors (Lipinski definition) is 1. The average molecular weight is 261 g/mol. The molecule has 1 saturated carbocycles. The summed E-state index contributed by atoms with van der Waals surface area (Å²) in [6.45, 7) is 16.4. The normalized spacial score (nSPS) is 26.1. The third-order valence-corrected chi connectivity index (χ3v) is 4.54. The molecule has 0 aromatic heterocycles. The van der Waals surface area contributed by atoms with E-state index in [-0.39, 0.29) is 0 Å². The second-order valence-electron chi connectivity index (χ2n) is 5.78. The van der Waals surface area contributed by atoms with Gasteiger partial charge in [0.1, 0.15) is 0 Å². The number of allylic oxidation sites excluding steroid dienone is 2. The van der Waals surface area contributed by atoms with Crippen LogP contribution in [0, 0.1) is 5.92 Å². The van der Waals surface area contributed by atoms with Crippen LogP contribution in [-0.2, 0) is 0 Å². The Balaban J connectivity index is 0.000000861. The van der Waals surface area contributed by atoms with E-state index in [0.29, 0.717) is 5.54 Å². The maximum absolute atomic E-state index is 3.91. The fourth-order valence-corrected chi connectivity index (χ4v) is 3.40. The Bertz CT molecular complexity index is 323. The number of hydrogen-bond donors (Lipinski definition) is 0. The van der Waals surface area contributed by atoms with Gasteiger partial charge in [-0.1, -0.05) is 52.2 Å². The van der Waals surface area contributed by atoms with Crippen LogP contribution in [0.2, 0.25) is 0 Å². The highest BCUT2D eigenvalue weighted by molar-refractivity contribution is 5.23. The summed E-state index contributed by atoms with van der Waals surface area (Å²) in [7, 11) is 0. The van der Waals surface area contributed by atoms with Crippen LogP contribution in [0.25, 0.3) is 0 Å². The highest BCUT2D eigenvalue weighted by Crippen LogP contribution is 2.46. The Labute approximate surface area is 120 Å². The molecular formula is C18H31N. The first-order valence-electron chi connectivity index (χ1n) is 7.89. The molecule has 108 valence electrons. The minimum absolute atomic E-state index is 0.529. The zero-order valence-electron chi connectivity index (χ0n) is 13.1. The van der Waals surface area contributed by atoms with Crippen LogP contribution in [0.15, 0.2) is 37.0 Å². The summed E-state index contributed by atoms with van der Waals surface area (Å²) in [5, 5.41) is 0. The molecule has 1 aliphatic heterocycles. The van der Waals surface area contributed by atoms with Gasteiger partial charge in [0.05, 0.1) is 0 Å². The van der Waals surface area contributed by atoms with Crippen molar-refractivity contribution in [2.24, 2.45) is 5.92 Å². The standard InChI is InChI=1S/C16H25N.C2H6/c1-4-7-15(5-2)13-17-11-8-14(3)12-16(17)9-6-10-16;1-2/h4-5,7,14H,1-2,6,8-13H2,3H3;1-2H3/b15-7+;/t14-;/m1./s1. The molecule has 1 aliphatic carbocycles. The van der Waals surface area contributed by atoms with E-state index in [1.165, 1.54) is 44.2 Å². The van der Waals surface area contributed by atoms with Crippen LogP contribution in [-0.4, -0.2) is 23.5 Å². The highest BCUT2D eigenvalue weighted by atomic mass is 15.2. The molecule has 1 atom stereocenters. The Kier molecular flexibility index (Phi) is 6.57. The molecule has 0 unspecified atom stereocenters. The maximum atomic E-state index is 3.91. The largest absolute Gasteiger partial charge is 0.293 e. The van der Waals surface area contributed by atoms with Crippen molar-refractivity contribution in [3.8, 4) is 0 Å². The first-order chi connectivity index (χ1) is 9.20. The molecule has 1 heteroatoms. The first kappa shape index (κ1) is 16.2. The third kappa shape index (κ3) is 3.82. The van der Waals surface area contributed by atoms with Crippen molar-refractivity contribution in [1.29, 1.82) is 0 Å². The molecule has 0 amide bonds. The molecule has 0 aromatic carbocycles. The van der Waals surface area contributed by atoms with Crippen LogP contribution >= 0.6 is 0 Å². The van der Waals surface area contributed by atoms with E-state index in [2.05, 4.69) is 31.1 Å². The van der Waals surface area contributed by atoms with E-state index >= 15 is 0 Å². The fourth-order valence-electron chi connectivity index (χ4n) is 3.40. The van der Waals surface area contributed by atoms with Gasteiger partial charge in [0.15, 0.2) is 0 Å². The quantitative estimate of drug-likeness (QED) is 0.646. The predicted octanol–water partition coefficient (Wildman–Crippen LogP) is 4.97. The molecule has 0 aromatic rings. The predicted molar refractivity (Wildman–Crippen MR) is 86.4 cm³/mol. The smallest absolute Gasteiger partial charge is 0.0239 e. The molecule has 1 nitrogen and oxygen atoms in total. The summed E-state index contributed by atoms with van der Waals surface area (Å²) < 4.78 is 0. The van der Waals surface area contributed by atoms with Crippen molar-refractivity contribution in [2.75, 3.05) is 13.1 Å². The number of likely N-dealkylation sites (tertiary alicyclic amines) is 1. The van der Waals surface area contributed by atoms with Crippen LogP contribution in [0.1, 0.15) is 52.9 Å². The minimum Gasteiger partial charge on any atom is -0.293 e. The molecule has 2 fully saturated rings. The van der Waals surface area contributed by atoms with E-state index in [9.17, 15) is 0 Å². The van der Waals surface area contributed by atoms with E-state index in [1.54, 1.807) is 0 Å². The molecule has 0 N–H and O–H groups in total. The van der Waals surface area contributed by atoms with Gasteiger partial charge in [0, 0.05) is 12.1 Å². The zero-order valence-corrected chi connectivity index (χ0v) is 13.1. The van der Waals surface area contributed by atoms with Gasteiger partial charge < -0.3 is 0 Å². The number of piperidine rings is 1. The lowest BCUT2D eigenvalue weighted by atomic mass is 9.67. The Morgan fingerprint density at radius 1 is 1.32 bits per heavy atom. The summed E-state index contributed by atoms with van der Waals surface area (Å²) in [4.78, 5) is 2.70. The van der Waals surface area contributed by atoms with Crippen molar-refractivity contribution in [3.05, 3.63) is 37.0 Å². The summed E-state index contributed by atoms with van der Waals surface area (Å²) >= 11 is 0. The van der Waals surface area contributed by atoms with E-state index in [4.69, 9.17) is 0 Å². The van der Waals surface area contributed by atoms with Crippen LogP contribution in [0.3, 0.4) is 0 Å². The molecule has 1 spiro atoms. The summed E-state index contributed by atoms with van der Waals surface area (Å²) in [6, 6.07) is 0. The SMILES string of the molecule is C=C/C=C(\C=C)CN1CC[C@@H](C)CC12CCC2.CC. The fraction of sp³-hybridized carbons (Fsp3) is 0.667. The monoisotopic (exact) mass is 261 g/mol. The minimum atomic E-state index is 0.529. The lowest BCUT2D eigenvalue weighted by Crippen LogP contribution is -2.58. The first-order valence-corrected chi connectivity index (χ1v) is 7.89. The summed E-state index contributed by atoms with van der Waals surface area (Å²) in [5.41, 5.74) is 1.84. The average Bonchev–Trinajstić information content (AvgIpc) is 2.40. The van der Waals surface area contributed by atoms with Gasteiger partial charge in [-0.3, -0.25) is 4.90 Å². The van der Waals surface area contributed by atoms with Crippen LogP contribution in [0.4, 0.5) is 0 Å². The van der Waals surface area contributed by atoms with Gasteiger partial charge in [-0.05, 0) is 50.1 Å². The maximum Gasteiger partial charge on any atom is 0.0239 e. The summed E-state index contributed by atoms with van der Waals surface area (Å²) in [6.07, 6.45) is 12.9. The number of nitrogens with zero attached hydrogens (tertiary/aromatic N) is 1. The van der Waals surface area contributed by atoms with Crippen LogP contribution in [0.5, 0.6) is 0 Å². The van der Waals surface area contributed by atoms with Gasteiger partial charge in [-0.2, -0.15) is 0 Å². The second-order valence-corrected chi connectivity index (χ2v) is 5.78. The van der Waals surface area contributed by atoms with Crippen molar-refractivity contribution in [1.82, 2.24) is 4.90 Å². The van der Waals surface area contributed by atoms with E-state index in [0.717, 1.165) is 12.5 Å². The molecule has 0 bridgehead atoms. The van der Waals surface area contributed by atoms with Gasteiger partial charge in [0.25, 0.3) is 0 Å². The van der Waals surface area contributed by atoms with E-state index in [1.807, 2.05) is 26.0 Å². The lowest BCUT2D eigenvalue weighted by molar-refractivity contribution is -0.0277. The van der Waals surface area contributed by atoms with Crippen molar-refractivity contribution in [3.63, 3.8) is 0 Å². The summed E-state index contributed by atoms with van der Waals surface area (Å²) in [5.74, 6) is 0.905. The Morgan fingerprint density at radius 3 is 2.47 bits per heavy atom. The highest BCUT2D eigenvalue weighted by Gasteiger charge is 2.45. The van der Waals surface area contributed by atoms with E-state index < -0.39 is 0 Å². The van der Waals surface area contributed by atoms with Crippen molar-refractivity contribution < 1.29 is 0 Å². The van der Waals surface area contributed by atoms with Gasteiger partial charge >= 0.3 is 0 Å². The van der Waals surface area contributed by atoms with Crippen molar-refractivity contribution >= 4 is 0 Å². The molecule has 0 radical (unpaired) electrons. The molecular weight excluding hydrogens is 230 g/mol. The lowest BCUT2D eigenvalue weighted by Gasteiger charge is -2.55. The second kappa shape index (κ2) is 7.69. The molecule has 19 heavy (non-hydrogen) atoms. The zero-order chi connectivity index (χ0) is 14.3. The molecule has 2 rings (SSSR count). The Morgan fingerprint density at radius 2 is 2.00 bits per heavy atom. The third-order valence-electron chi connectivity index (χ3n) is 4.54. The Hall–Kier alpha value is -0.820. The van der Waals surface area contributed by atoms with Gasteiger partial charge in [-0.25, -0.2) is 0 Å². The van der Waals surface area contributed by atoms with Crippen molar-refractivity contribution in [2.45, 2.75) is 58.4 Å². The molecule has 1 saturated heterocycles. The van der Waals surface area contributed by atoms with Gasteiger partial charge in [0.2, 0.25) is 0 Å². The van der Waals surface area contributed by atoms with Gasteiger partial charge in [-0.15, -0.1) is 0 Å². The topological polar surface area (TPSA) is 3.24 Å².